The van der Waals surface area contributed by atoms with Crippen molar-refractivity contribution in [2.24, 2.45) is 0 Å². The molecule has 0 unspecified atom stereocenters. The standard InChI is InChI=1S/C14H18BrNO3/c1-14(18-9-4-10-19-14)7-8-16-13(17)11-5-2-3-6-12(11)15/h2-3,5-6H,4,7-10H2,1H3,(H,16,17). The van der Waals surface area contributed by atoms with Crippen LogP contribution in [0.25, 0.3) is 0 Å². The molecule has 1 fully saturated rings. The Balaban J connectivity index is 1.82. The average Bonchev–Trinajstić information content (AvgIpc) is 2.39. The van der Waals surface area contributed by atoms with Crippen LogP contribution in [0.4, 0.5) is 0 Å². The van der Waals surface area contributed by atoms with Gasteiger partial charge in [0.2, 0.25) is 0 Å². The normalized spacial score (nSPS) is 18.0. The molecule has 1 heterocycles. The van der Waals surface area contributed by atoms with Crippen LogP contribution in [0.1, 0.15) is 30.1 Å². The molecule has 0 aliphatic carbocycles. The largest absolute Gasteiger partial charge is 0.352 e. The van der Waals surface area contributed by atoms with Gasteiger partial charge in [-0.3, -0.25) is 4.79 Å². The molecule has 1 amide bonds. The number of hydrogen-bond donors (Lipinski definition) is 1. The minimum Gasteiger partial charge on any atom is -0.352 e. The number of carbonyl (C=O) groups is 1. The van der Waals surface area contributed by atoms with Gasteiger partial charge in [0.15, 0.2) is 5.79 Å². The summed E-state index contributed by atoms with van der Waals surface area (Å²) in [6.07, 6.45) is 1.57. The van der Waals surface area contributed by atoms with E-state index in [1.54, 1.807) is 6.07 Å². The lowest BCUT2D eigenvalue weighted by molar-refractivity contribution is -0.257. The Morgan fingerprint density at radius 1 is 1.37 bits per heavy atom. The third kappa shape index (κ3) is 4.03. The molecular formula is C14H18BrNO3. The van der Waals surface area contributed by atoms with Crippen molar-refractivity contribution in [2.75, 3.05) is 19.8 Å². The number of benzene rings is 1. The minimum absolute atomic E-state index is 0.0908. The summed E-state index contributed by atoms with van der Waals surface area (Å²) in [7, 11) is 0. The Kier molecular flexibility index (Phi) is 4.96. The van der Waals surface area contributed by atoms with Crippen molar-refractivity contribution < 1.29 is 14.3 Å². The molecule has 0 radical (unpaired) electrons. The molecule has 1 saturated heterocycles. The molecule has 4 nitrogen and oxygen atoms in total. The second-order valence-electron chi connectivity index (χ2n) is 4.67. The van der Waals surface area contributed by atoms with Gasteiger partial charge < -0.3 is 14.8 Å². The fraction of sp³-hybridized carbons (Fsp3) is 0.500. The predicted octanol–water partition coefficient (Wildman–Crippen LogP) is 2.72. The summed E-state index contributed by atoms with van der Waals surface area (Å²) in [5.41, 5.74) is 0.637. The zero-order valence-corrected chi connectivity index (χ0v) is 12.5. The van der Waals surface area contributed by atoms with E-state index in [4.69, 9.17) is 9.47 Å². The Hall–Kier alpha value is -0.910. The number of carbonyl (C=O) groups excluding carboxylic acids is 1. The highest BCUT2D eigenvalue weighted by atomic mass is 79.9. The molecule has 1 aromatic rings. The summed E-state index contributed by atoms with van der Waals surface area (Å²) in [6.45, 7) is 3.87. The van der Waals surface area contributed by atoms with Gasteiger partial charge in [-0.05, 0) is 41.4 Å². The SMILES string of the molecule is CC1(CCNC(=O)c2ccccc2Br)OCCCO1. The second kappa shape index (κ2) is 6.50. The van der Waals surface area contributed by atoms with Crippen LogP contribution in [0.3, 0.4) is 0 Å². The number of halogens is 1. The summed E-state index contributed by atoms with van der Waals surface area (Å²) in [5, 5.41) is 2.88. The third-order valence-corrected chi connectivity index (χ3v) is 3.78. The maximum atomic E-state index is 12.0. The molecular weight excluding hydrogens is 310 g/mol. The van der Waals surface area contributed by atoms with E-state index >= 15 is 0 Å². The average molecular weight is 328 g/mol. The van der Waals surface area contributed by atoms with Gasteiger partial charge in [-0.15, -0.1) is 0 Å². The molecule has 1 N–H and O–H groups in total. The number of rotatable bonds is 4. The highest BCUT2D eigenvalue weighted by Gasteiger charge is 2.28. The van der Waals surface area contributed by atoms with E-state index in [0.717, 1.165) is 10.9 Å². The Bertz CT molecular complexity index is 444. The number of hydrogen-bond acceptors (Lipinski definition) is 3. The van der Waals surface area contributed by atoms with Crippen LogP contribution in [-0.2, 0) is 9.47 Å². The second-order valence-corrected chi connectivity index (χ2v) is 5.52. The fourth-order valence-corrected chi connectivity index (χ4v) is 2.43. The first kappa shape index (κ1) is 14.5. The highest BCUT2D eigenvalue weighted by molar-refractivity contribution is 9.10. The van der Waals surface area contributed by atoms with Gasteiger partial charge in [0, 0.05) is 17.4 Å². The maximum Gasteiger partial charge on any atom is 0.252 e. The van der Waals surface area contributed by atoms with E-state index < -0.39 is 5.79 Å². The first-order valence-electron chi connectivity index (χ1n) is 6.41. The molecule has 0 atom stereocenters. The molecule has 0 aromatic heterocycles. The molecule has 0 saturated carbocycles. The van der Waals surface area contributed by atoms with Crippen molar-refractivity contribution in [3.05, 3.63) is 34.3 Å². The van der Waals surface area contributed by atoms with Gasteiger partial charge in [0.25, 0.3) is 5.91 Å². The molecule has 1 aliphatic heterocycles. The summed E-state index contributed by atoms with van der Waals surface area (Å²) >= 11 is 3.37. The maximum absolute atomic E-state index is 12.0. The Labute approximate surface area is 121 Å². The zero-order valence-electron chi connectivity index (χ0n) is 10.9. The lowest BCUT2D eigenvalue weighted by atomic mass is 10.2. The monoisotopic (exact) mass is 327 g/mol. The van der Waals surface area contributed by atoms with Gasteiger partial charge in [0.1, 0.15) is 0 Å². The van der Waals surface area contributed by atoms with Gasteiger partial charge >= 0.3 is 0 Å². The number of nitrogens with one attached hydrogen (secondary N) is 1. The highest BCUT2D eigenvalue weighted by Crippen LogP contribution is 2.21. The van der Waals surface area contributed by atoms with Crippen LogP contribution in [0, 0.1) is 0 Å². The molecule has 0 spiro atoms. The lowest BCUT2D eigenvalue weighted by Gasteiger charge is -2.33. The molecule has 0 bridgehead atoms. The molecule has 2 rings (SSSR count). The van der Waals surface area contributed by atoms with Crippen molar-refractivity contribution in [3.63, 3.8) is 0 Å². The van der Waals surface area contributed by atoms with Crippen molar-refractivity contribution in [1.29, 1.82) is 0 Å². The van der Waals surface area contributed by atoms with Crippen molar-refractivity contribution in [3.8, 4) is 0 Å². The first-order chi connectivity index (χ1) is 9.11. The van der Waals surface area contributed by atoms with Gasteiger partial charge in [-0.2, -0.15) is 0 Å². The molecule has 1 aliphatic rings. The Morgan fingerprint density at radius 3 is 2.74 bits per heavy atom. The quantitative estimate of drug-likeness (QED) is 0.924. The third-order valence-electron chi connectivity index (χ3n) is 3.09. The lowest BCUT2D eigenvalue weighted by Crippen LogP contribution is -2.41. The van der Waals surface area contributed by atoms with Crippen LogP contribution >= 0.6 is 15.9 Å². The van der Waals surface area contributed by atoms with E-state index in [1.165, 1.54) is 0 Å². The summed E-state index contributed by atoms with van der Waals surface area (Å²) in [5.74, 6) is -0.661. The van der Waals surface area contributed by atoms with Gasteiger partial charge in [0.05, 0.1) is 18.8 Å². The van der Waals surface area contributed by atoms with Crippen LogP contribution in [-0.4, -0.2) is 31.5 Å². The molecule has 104 valence electrons. The summed E-state index contributed by atoms with van der Waals surface area (Å²) in [4.78, 5) is 12.0. The van der Waals surface area contributed by atoms with E-state index in [2.05, 4.69) is 21.2 Å². The van der Waals surface area contributed by atoms with Gasteiger partial charge in [-0.25, -0.2) is 0 Å². The van der Waals surface area contributed by atoms with E-state index in [1.807, 2.05) is 25.1 Å². The van der Waals surface area contributed by atoms with Crippen LogP contribution < -0.4 is 5.32 Å². The topological polar surface area (TPSA) is 47.6 Å². The number of ether oxygens (including phenoxy) is 2. The van der Waals surface area contributed by atoms with Crippen LogP contribution in [0.2, 0.25) is 0 Å². The summed E-state index contributed by atoms with van der Waals surface area (Å²) in [6, 6.07) is 7.36. The number of amides is 1. The predicted molar refractivity (Wildman–Crippen MR) is 76.0 cm³/mol. The van der Waals surface area contributed by atoms with Crippen molar-refractivity contribution in [1.82, 2.24) is 5.32 Å². The van der Waals surface area contributed by atoms with Crippen molar-refractivity contribution in [2.45, 2.75) is 25.6 Å². The smallest absolute Gasteiger partial charge is 0.252 e. The van der Waals surface area contributed by atoms with Gasteiger partial charge in [-0.1, -0.05) is 12.1 Å². The van der Waals surface area contributed by atoms with E-state index in [0.29, 0.717) is 31.7 Å². The zero-order chi connectivity index (χ0) is 13.7. The van der Waals surface area contributed by atoms with E-state index in [-0.39, 0.29) is 5.91 Å². The molecule has 19 heavy (non-hydrogen) atoms. The minimum atomic E-state index is -0.570. The van der Waals surface area contributed by atoms with E-state index in [9.17, 15) is 4.79 Å². The molecule has 5 heteroatoms. The molecule has 1 aromatic carbocycles. The summed E-state index contributed by atoms with van der Waals surface area (Å²) < 4.78 is 12.0. The van der Waals surface area contributed by atoms with Crippen LogP contribution in [0.15, 0.2) is 28.7 Å². The first-order valence-corrected chi connectivity index (χ1v) is 7.21. The Morgan fingerprint density at radius 2 is 2.05 bits per heavy atom. The van der Waals surface area contributed by atoms with Crippen molar-refractivity contribution >= 4 is 21.8 Å². The fourth-order valence-electron chi connectivity index (χ4n) is 1.96. The van der Waals surface area contributed by atoms with Crippen LogP contribution in [0.5, 0.6) is 0 Å².